The number of rotatable bonds is 6. The van der Waals surface area contributed by atoms with Gasteiger partial charge in [-0.2, -0.15) is 0 Å². The van der Waals surface area contributed by atoms with E-state index in [1.807, 2.05) is 18.3 Å². The fourth-order valence-electron chi connectivity index (χ4n) is 2.43. The molecule has 0 aliphatic heterocycles. The van der Waals surface area contributed by atoms with Gasteiger partial charge in [0.15, 0.2) is 0 Å². The van der Waals surface area contributed by atoms with Crippen molar-refractivity contribution in [2.24, 2.45) is 11.1 Å². The van der Waals surface area contributed by atoms with Gasteiger partial charge >= 0.3 is 0 Å². The quantitative estimate of drug-likeness (QED) is 0.795. The molecule has 0 radical (unpaired) electrons. The van der Waals surface area contributed by atoms with Gasteiger partial charge in [-0.05, 0) is 42.9 Å². The minimum absolute atomic E-state index is 0.0956. The number of carbonyl (C=O) groups is 1. The highest BCUT2D eigenvalue weighted by Crippen LogP contribution is 2.42. The lowest BCUT2D eigenvalue weighted by Crippen LogP contribution is -2.42. The average molecular weight is 247 g/mol. The molecule has 0 bridgehead atoms. The van der Waals surface area contributed by atoms with Crippen LogP contribution >= 0.6 is 0 Å². The van der Waals surface area contributed by atoms with E-state index in [0.717, 1.165) is 24.8 Å². The number of hydrogen-bond acceptors (Lipinski definition) is 3. The Hall–Kier alpha value is -1.42. The van der Waals surface area contributed by atoms with Gasteiger partial charge < -0.3 is 11.1 Å². The van der Waals surface area contributed by atoms with Gasteiger partial charge in [0.2, 0.25) is 5.91 Å². The van der Waals surface area contributed by atoms with E-state index in [-0.39, 0.29) is 11.3 Å². The summed E-state index contributed by atoms with van der Waals surface area (Å²) in [4.78, 5) is 15.9. The molecule has 1 fully saturated rings. The molecule has 4 nitrogen and oxygen atoms in total. The van der Waals surface area contributed by atoms with Crippen molar-refractivity contribution in [2.75, 3.05) is 13.1 Å². The first-order valence-corrected chi connectivity index (χ1v) is 6.60. The molecule has 4 heteroatoms. The van der Waals surface area contributed by atoms with Crippen molar-refractivity contribution >= 4 is 5.91 Å². The number of nitrogens with one attached hydrogen (secondary N) is 1. The maximum absolute atomic E-state index is 11.8. The number of amides is 1. The Labute approximate surface area is 108 Å². The van der Waals surface area contributed by atoms with Crippen LogP contribution in [0.3, 0.4) is 0 Å². The Balaban J connectivity index is 1.69. The van der Waals surface area contributed by atoms with Gasteiger partial charge in [0.05, 0.1) is 0 Å². The van der Waals surface area contributed by atoms with Crippen molar-refractivity contribution in [1.29, 1.82) is 0 Å². The summed E-state index contributed by atoms with van der Waals surface area (Å²) in [6.45, 7) is 1.30. The minimum atomic E-state index is 0.0956. The maximum atomic E-state index is 11.8. The lowest BCUT2D eigenvalue weighted by atomic mass is 9.66. The van der Waals surface area contributed by atoms with E-state index >= 15 is 0 Å². The Bertz CT molecular complexity index is 382. The molecule has 1 heterocycles. The molecule has 1 amide bonds. The fourth-order valence-corrected chi connectivity index (χ4v) is 2.43. The standard InChI is InChI=1S/C14H21N3O/c15-11-14(5-2-6-14)9-13(18)17-8-4-12-3-1-7-16-10-12/h1,3,7,10H,2,4-6,8-9,11,15H2,(H,17,18). The van der Waals surface area contributed by atoms with Crippen LogP contribution in [-0.4, -0.2) is 24.0 Å². The first-order chi connectivity index (χ1) is 8.74. The topological polar surface area (TPSA) is 68.0 Å². The highest BCUT2D eigenvalue weighted by atomic mass is 16.1. The summed E-state index contributed by atoms with van der Waals surface area (Å²) in [5.41, 5.74) is 6.99. The molecule has 1 aromatic rings. The molecule has 98 valence electrons. The zero-order chi connectivity index (χ0) is 12.8. The van der Waals surface area contributed by atoms with Gasteiger partial charge in [0.1, 0.15) is 0 Å². The lowest BCUT2D eigenvalue weighted by molar-refractivity contribution is -0.124. The monoisotopic (exact) mass is 247 g/mol. The molecule has 1 aliphatic carbocycles. The minimum Gasteiger partial charge on any atom is -0.356 e. The SMILES string of the molecule is NCC1(CC(=O)NCCc2cccnc2)CCC1. The Morgan fingerprint density at radius 3 is 2.89 bits per heavy atom. The van der Waals surface area contributed by atoms with Crippen molar-refractivity contribution in [2.45, 2.75) is 32.1 Å². The third-order valence-corrected chi connectivity index (χ3v) is 3.84. The summed E-state index contributed by atoms with van der Waals surface area (Å²) in [7, 11) is 0. The number of carbonyl (C=O) groups excluding carboxylic acids is 1. The van der Waals surface area contributed by atoms with Crippen LogP contribution in [0, 0.1) is 5.41 Å². The predicted molar refractivity (Wildman–Crippen MR) is 70.9 cm³/mol. The van der Waals surface area contributed by atoms with Crippen molar-refractivity contribution in [3.05, 3.63) is 30.1 Å². The molecule has 0 aromatic carbocycles. The summed E-state index contributed by atoms with van der Waals surface area (Å²) in [6.07, 6.45) is 8.40. The second-order valence-corrected chi connectivity index (χ2v) is 5.20. The van der Waals surface area contributed by atoms with Crippen LogP contribution in [0.25, 0.3) is 0 Å². The summed E-state index contributed by atoms with van der Waals surface area (Å²) >= 11 is 0. The van der Waals surface area contributed by atoms with E-state index in [4.69, 9.17) is 5.73 Å². The summed E-state index contributed by atoms with van der Waals surface area (Å²) < 4.78 is 0. The van der Waals surface area contributed by atoms with Gasteiger partial charge in [-0.15, -0.1) is 0 Å². The molecule has 0 saturated heterocycles. The maximum Gasteiger partial charge on any atom is 0.220 e. The van der Waals surface area contributed by atoms with Crippen LogP contribution in [0.4, 0.5) is 0 Å². The highest BCUT2D eigenvalue weighted by molar-refractivity contribution is 5.76. The number of hydrogen-bond donors (Lipinski definition) is 2. The molecule has 0 atom stereocenters. The van der Waals surface area contributed by atoms with Crippen molar-refractivity contribution in [3.63, 3.8) is 0 Å². The number of nitrogens with zero attached hydrogens (tertiary/aromatic N) is 1. The van der Waals surface area contributed by atoms with Crippen molar-refractivity contribution in [1.82, 2.24) is 10.3 Å². The van der Waals surface area contributed by atoms with E-state index in [0.29, 0.717) is 19.5 Å². The summed E-state index contributed by atoms with van der Waals surface area (Å²) in [5, 5.41) is 2.97. The van der Waals surface area contributed by atoms with Crippen LogP contribution < -0.4 is 11.1 Å². The van der Waals surface area contributed by atoms with E-state index in [1.165, 1.54) is 6.42 Å². The fraction of sp³-hybridized carbons (Fsp3) is 0.571. The molecule has 1 aromatic heterocycles. The van der Waals surface area contributed by atoms with Crippen LogP contribution in [0.5, 0.6) is 0 Å². The Morgan fingerprint density at radius 1 is 1.50 bits per heavy atom. The first kappa shape index (κ1) is 13.0. The average Bonchev–Trinajstić information content (AvgIpc) is 2.35. The second-order valence-electron chi connectivity index (χ2n) is 5.20. The van der Waals surface area contributed by atoms with Crippen molar-refractivity contribution in [3.8, 4) is 0 Å². The van der Waals surface area contributed by atoms with Gasteiger partial charge in [0.25, 0.3) is 0 Å². The molecule has 0 unspecified atom stereocenters. The van der Waals surface area contributed by atoms with Crippen molar-refractivity contribution < 1.29 is 4.79 Å². The largest absolute Gasteiger partial charge is 0.356 e. The molecule has 0 spiro atoms. The van der Waals surface area contributed by atoms with Crippen LogP contribution in [0.1, 0.15) is 31.2 Å². The predicted octanol–water partition coefficient (Wildman–Crippen LogP) is 1.26. The van der Waals surface area contributed by atoms with Gasteiger partial charge in [-0.1, -0.05) is 12.5 Å². The van der Waals surface area contributed by atoms with Gasteiger partial charge in [-0.3, -0.25) is 9.78 Å². The molecule has 18 heavy (non-hydrogen) atoms. The van der Waals surface area contributed by atoms with E-state index < -0.39 is 0 Å². The molecule has 3 N–H and O–H groups in total. The zero-order valence-corrected chi connectivity index (χ0v) is 10.7. The Kier molecular flexibility index (Phi) is 4.31. The van der Waals surface area contributed by atoms with Gasteiger partial charge in [0, 0.05) is 25.4 Å². The number of aromatic nitrogens is 1. The van der Waals surface area contributed by atoms with E-state index in [9.17, 15) is 4.79 Å². The van der Waals surface area contributed by atoms with E-state index in [2.05, 4.69) is 10.3 Å². The van der Waals surface area contributed by atoms with E-state index in [1.54, 1.807) is 6.20 Å². The third kappa shape index (κ3) is 3.29. The third-order valence-electron chi connectivity index (χ3n) is 3.84. The Morgan fingerprint density at radius 2 is 2.33 bits per heavy atom. The summed E-state index contributed by atoms with van der Waals surface area (Å²) in [5.74, 6) is 0.129. The highest BCUT2D eigenvalue weighted by Gasteiger charge is 2.37. The van der Waals surface area contributed by atoms with Crippen LogP contribution in [-0.2, 0) is 11.2 Å². The van der Waals surface area contributed by atoms with Gasteiger partial charge in [-0.25, -0.2) is 0 Å². The molecule has 2 rings (SSSR count). The molecule has 1 saturated carbocycles. The first-order valence-electron chi connectivity index (χ1n) is 6.60. The van der Waals surface area contributed by atoms with Crippen LogP contribution in [0.2, 0.25) is 0 Å². The smallest absolute Gasteiger partial charge is 0.220 e. The second kappa shape index (κ2) is 5.96. The molecule has 1 aliphatic rings. The van der Waals surface area contributed by atoms with Crippen LogP contribution in [0.15, 0.2) is 24.5 Å². The molecular formula is C14H21N3O. The number of nitrogens with two attached hydrogens (primary N) is 1. The zero-order valence-electron chi connectivity index (χ0n) is 10.7. The lowest BCUT2D eigenvalue weighted by Gasteiger charge is -2.40. The summed E-state index contributed by atoms with van der Waals surface area (Å²) in [6, 6.07) is 3.93. The number of pyridine rings is 1. The normalized spacial score (nSPS) is 16.9. The molecular weight excluding hydrogens is 226 g/mol.